The van der Waals surface area contributed by atoms with Crippen LogP contribution in [0.25, 0.3) is 0 Å². The number of nitrogens with zero attached hydrogens (tertiary/aromatic N) is 1. The molecule has 4 aromatic carbocycles. The van der Waals surface area contributed by atoms with Crippen molar-refractivity contribution in [2.75, 3.05) is 16.7 Å². The highest BCUT2D eigenvalue weighted by atomic mass is 35.5. The standard InChI is InChI=1S/C31H32ClN3O6S2/c1-21(2)34-42(37,38)27-16-17-30(41-4)28(19-27)33-31(36)24-13-11-23(12-14-24)20-35(29-18-25(32)15-10-22(29)3)43(39,40)26-8-6-5-7-9-26/h5-19,21,34H,20H2,1-4H3,(H,33,36). The number of rotatable bonds is 11. The molecule has 43 heavy (non-hydrogen) atoms. The summed E-state index contributed by atoms with van der Waals surface area (Å²) in [5, 5.41) is 3.11. The van der Waals surface area contributed by atoms with Crippen LogP contribution in [0.15, 0.2) is 101 Å². The number of anilines is 2. The Balaban J connectivity index is 1.62. The fourth-order valence-electron chi connectivity index (χ4n) is 4.32. The van der Waals surface area contributed by atoms with Crippen LogP contribution in [0.1, 0.15) is 35.3 Å². The zero-order chi connectivity index (χ0) is 31.4. The van der Waals surface area contributed by atoms with Crippen molar-refractivity contribution in [3.05, 3.63) is 113 Å². The van der Waals surface area contributed by atoms with E-state index in [1.165, 1.54) is 41.7 Å². The van der Waals surface area contributed by atoms with Crippen molar-refractivity contribution in [3.8, 4) is 5.75 Å². The molecule has 0 fully saturated rings. The van der Waals surface area contributed by atoms with Crippen LogP contribution in [0.5, 0.6) is 5.75 Å². The molecule has 1 amide bonds. The minimum absolute atomic E-state index is 0.0170. The number of hydrogen-bond acceptors (Lipinski definition) is 6. The number of nitrogens with one attached hydrogen (secondary N) is 2. The molecule has 0 aliphatic heterocycles. The Morgan fingerprint density at radius 1 is 0.884 bits per heavy atom. The van der Waals surface area contributed by atoms with Crippen molar-refractivity contribution in [2.24, 2.45) is 0 Å². The summed E-state index contributed by atoms with van der Waals surface area (Å²) in [6.07, 6.45) is 0. The van der Waals surface area contributed by atoms with Crippen molar-refractivity contribution < 1.29 is 26.4 Å². The van der Waals surface area contributed by atoms with E-state index in [4.69, 9.17) is 16.3 Å². The molecule has 2 N–H and O–H groups in total. The molecule has 0 aromatic heterocycles. The molecule has 0 aliphatic carbocycles. The summed E-state index contributed by atoms with van der Waals surface area (Å²) in [7, 11) is -6.35. The van der Waals surface area contributed by atoms with E-state index in [1.54, 1.807) is 81.4 Å². The maximum atomic E-state index is 13.8. The Morgan fingerprint density at radius 2 is 1.56 bits per heavy atom. The van der Waals surface area contributed by atoms with Crippen molar-refractivity contribution in [3.63, 3.8) is 0 Å². The van der Waals surface area contributed by atoms with E-state index < -0.39 is 26.0 Å². The smallest absolute Gasteiger partial charge is 0.264 e. The summed E-state index contributed by atoms with van der Waals surface area (Å²) in [5.41, 5.74) is 2.24. The first kappa shape index (κ1) is 32.0. The molecule has 12 heteroatoms. The zero-order valence-electron chi connectivity index (χ0n) is 24.0. The highest BCUT2D eigenvalue weighted by molar-refractivity contribution is 7.92. The average Bonchev–Trinajstić information content (AvgIpc) is 2.97. The maximum absolute atomic E-state index is 13.8. The quantitative estimate of drug-likeness (QED) is 0.207. The molecule has 0 atom stereocenters. The van der Waals surface area contributed by atoms with Gasteiger partial charge in [0, 0.05) is 16.6 Å². The lowest BCUT2D eigenvalue weighted by Gasteiger charge is -2.26. The summed E-state index contributed by atoms with van der Waals surface area (Å²) in [6, 6.07) is 23.5. The van der Waals surface area contributed by atoms with Crippen LogP contribution in [-0.4, -0.2) is 35.9 Å². The van der Waals surface area contributed by atoms with Gasteiger partial charge in [-0.15, -0.1) is 0 Å². The van der Waals surface area contributed by atoms with E-state index in [0.29, 0.717) is 16.3 Å². The van der Waals surface area contributed by atoms with Crippen LogP contribution in [0.2, 0.25) is 5.02 Å². The molecule has 0 spiro atoms. The van der Waals surface area contributed by atoms with Gasteiger partial charge < -0.3 is 10.1 Å². The van der Waals surface area contributed by atoms with Gasteiger partial charge in [0.15, 0.2) is 0 Å². The number of carbonyl (C=O) groups excluding carboxylic acids is 1. The largest absolute Gasteiger partial charge is 0.495 e. The molecule has 9 nitrogen and oxygen atoms in total. The van der Waals surface area contributed by atoms with E-state index in [0.717, 1.165) is 5.56 Å². The monoisotopic (exact) mass is 641 g/mol. The summed E-state index contributed by atoms with van der Waals surface area (Å²) in [4.78, 5) is 13.3. The normalized spacial score (nSPS) is 11.8. The Hall–Kier alpha value is -3.90. The predicted molar refractivity (Wildman–Crippen MR) is 169 cm³/mol. The van der Waals surface area contributed by atoms with Crippen molar-refractivity contribution >= 4 is 48.9 Å². The number of ether oxygens (including phenoxy) is 1. The molecule has 0 bridgehead atoms. The first-order chi connectivity index (χ1) is 20.3. The first-order valence-corrected chi connectivity index (χ1v) is 16.6. The van der Waals surface area contributed by atoms with Gasteiger partial charge in [-0.3, -0.25) is 9.10 Å². The average molecular weight is 642 g/mol. The van der Waals surface area contributed by atoms with Crippen LogP contribution in [0, 0.1) is 6.92 Å². The third-order valence-electron chi connectivity index (χ3n) is 6.43. The number of carbonyl (C=O) groups is 1. The molecule has 0 unspecified atom stereocenters. The number of methoxy groups -OCH3 is 1. The van der Waals surface area contributed by atoms with Gasteiger partial charge in [-0.25, -0.2) is 21.6 Å². The van der Waals surface area contributed by atoms with Crippen molar-refractivity contribution in [1.82, 2.24) is 4.72 Å². The molecule has 226 valence electrons. The van der Waals surface area contributed by atoms with Crippen molar-refractivity contribution in [2.45, 2.75) is 43.1 Å². The Kier molecular flexibility index (Phi) is 9.81. The molecule has 0 radical (unpaired) electrons. The highest BCUT2D eigenvalue weighted by Crippen LogP contribution is 2.32. The van der Waals surface area contributed by atoms with Gasteiger partial charge in [0.05, 0.1) is 34.8 Å². The minimum atomic E-state index is -3.96. The van der Waals surface area contributed by atoms with Crippen LogP contribution >= 0.6 is 11.6 Å². The second-order valence-corrected chi connectivity index (χ2v) is 14.1. The van der Waals surface area contributed by atoms with E-state index in [-0.39, 0.29) is 39.4 Å². The lowest BCUT2D eigenvalue weighted by molar-refractivity contribution is 0.102. The molecule has 4 aromatic rings. The van der Waals surface area contributed by atoms with Gasteiger partial charge in [-0.2, -0.15) is 0 Å². The van der Waals surface area contributed by atoms with E-state index in [1.807, 2.05) is 0 Å². The molecule has 0 saturated heterocycles. The van der Waals surface area contributed by atoms with Crippen LogP contribution in [0.4, 0.5) is 11.4 Å². The summed E-state index contributed by atoms with van der Waals surface area (Å²) < 4.78 is 62.0. The van der Waals surface area contributed by atoms with Gasteiger partial charge in [0.1, 0.15) is 5.75 Å². The van der Waals surface area contributed by atoms with Gasteiger partial charge in [0.2, 0.25) is 10.0 Å². The number of amides is 1. The fraction of sp³-hybridized carbons (Fsp3) is 0.194. The lowest BCUT2D eigenvalue weighted by atomic mass is 10.1. The molecular weight excluding hydrogens is 610 g/mol. The minimum Gasteiger partial charge on any atom is -0.495 e. The van der Waals surface area contributed by atoms with Gasteiger partial charge in [-0.1, -0.05) is 48.0 Å². The van der Waals surface area contributed by atoms with Gasteiger partial charge in [-0.05, 0) is 86.5 Å². The van der Waals surface area contributed by atoms with E-state index in [9.17, 15) is 21.6 Å². The molecule has 0 saturated carbocycles. The topological polar surface area (TPSA) is 122 Å². The molecule has 0 aliphatic rings. The third kappa shape index (κ3) is 7.55. The summed E-state index contributed by atoms with van der Waals surface area (Å²) in [6.45, 7) is 5.21. The number of hydrogen-bond donors (Lipinski definition) is 2. The van der Waals surface area contributed by atoms with Gasteiger partial charge >= 0.3 is 0 Å². The van der Waals surface area contributed by atoms with Gasteiger partial charge in [0.25, 0.3) is 15.9 Å². The Labute approximate surface area is 257 Å². The second kappa shape index (κ2) is 13.2. The molecule has 0 heterocycles. The first-order valence-electron chi connectivity index (χ1n) is 13.3. The third-order valence-corrected chi connectivity index (χ3v) is 10.1. The number of aryl methyl sites for hydroxylation is 1. The number of sulfonamides is 2. The highest BCUT2D eigenvalue weighted by Gasteiger charge is 2.27. The predicted octanol–water partition coefficient (Wildman–Crippen LogP) is 5.99. The fourth-order valence-corrected chi connectivity index (χ4v) is 7.30. The number of benzene rings is 4. The maximum Gasteiger partial charge on any atom is 0.264 e. The summed E-state index contributed by atoms with van der Waals surface area (Å²) >= 11 is 6.25. The Morgan fingerprint density at radius 3 is 2.19 bits per heavy atom. The van der Waals surface area contributed by atoms with Crippen LogP contribution < -0.4 is 19.1 Å². The second-order valence-electron chi connectivity index (χ2n) is 10.0. The van der Waals surface area contributed by atoms with E-state index >= 15 is 0 Å². The van der Waals surface area contributed by atoms with Crippen LogP contribution in [-0.2, 0) is 26.6 Å². The summed E-state index contributed by atoms with van der Waals surface area (Å²) in [5.74, 6) is -0.220. The SMILES string of the molecule is COc1ccc(S(=O)(=O)NC(C)C)cc1NC(=O)c1ccc(CN(c2cc(Cl)ccc2C)S(=O)(=O)c2ccccc2)cc1. The van der Waals surface area contributed by atoms with E-state index in [2.05, 4.69) is 10.0 Å². The molecular formula is C31H32ClN3O6S2. The van der Waals surface area contributed by atoms with Crippen molar-refractivity contribution in [1.29, 1.82) is 0 Å². The zero-order valence-corrected chi connectivity index (χ0v) is 26.4. The lowest BCUT2D eigenvalue weighted by Crippen LogP contribution is -2.31. The van der Waals surface area contributed by atoms with Crippen LogP contribution in [0.3, 0.4) is 0 Å². The molecule has 4 rings (SSSR count). The Bertz CT molecular complexity index is 1830. The number of halogens is 1.